The molecule has 82 valence electrons. The first-order valence-corrected chi connectivity index (χ1v) is 5.39. The smallest absolute Gasteiger partial charge is 0.305 e. The van der Waals surface area contributed by atoms with Crippen LogP contribution in [0.3, 0.4) is 0 Å². The fourth-order valence-electron chi connectivity index (χ4n) is 1.73. The zero-order chi connectivity index (χ0) is 11.1. The van der Waals surface area contributed by atoms with Crippen LogP contribution in [0, 0.1) is 0 Å². The van der Waals surface area contributed by atoms with Gasteiger partial charge in [-0.3, -0.25) is 4.79 Å². The summed E-state index contributed by atoms with van der Waals surface area (Å²) in [5.74, 6) is 0.342. The fraction of sp³-hybridized carbons (Fsp3) is 0.462. The molecule has 0 heterocycles. The van der Waals surface area contributed by atoms with Crippen LogP contribution in [-0.4, -0.2) is 13.1 Å². The van der Waals surface area contributed by atoms with Crippen LogP contribution in [0.4, 0.5) is 0 Å². The van der Waals surface area contributed by atoms with Gasteiger partial charge in [-0.2, -0.15) is 0 Å². The van der Waals surface area contributed by atoms with Crippen molar-refractivity contribution < 1.29 is 9.53 Å². The van der Waals surface area contributed by atoms with Crippen LogP contribution in [-0.2, 0) is 9.53 Å². The monoisotopic (exact) mass is 206 g/mol. The standard InChI is InChI=1S/C13H18O2/c1-3-11(9-10-13(14)15-2)12-7-5-4-6-8-12/h4-8,11H,3,9-10H2,1-2H3/t11-/m1/s1. The predicted octanol–water partition coefficient (Wildman–Crippen LogP) is 3.13. The maximum Gasteiger partial charge on any atom is 0.305 e. The van der Waals surface area contributed by atoms with E-state index in [1.165, 1.54) is 12.7 Å². The minimum absolute atomic E-state index is 0.121. The van der Waals surface area contributed by atoms with Crippen molar-refractivity contribution in [2.75, 3.05) is 7.11 Å². The molecule has 0 unspecified atom stereocenters. The lowest BCUT2D eigenvalue weighted by atomic mass is 9.92. The van der Waals surface area contributed by atoms with Crippen molar-refractivity contribution in [2.24, 2.45) is 0 Å². The van der Waals surface area contributed by atoms with Crippen molar-refractivity contribution in [3.8, 4) is 0 Å². The number of ether oxygens (including phenoxy) is 1. The Hall–Kier alpha value is -1.31. The second-order valence-electron chi connectivity index (χ2n) is 3.63. The first kappa shape index (κ1) is 11.8. The molecule has 2 heteroatoms. The third-order valence-electron chi connectivity index (χ3n) is 2.69. The molecule has 0 N–H and O–H groups in total. The second-order valence-corrected chi connectivity index (χ2v) is 3.63. The number of esters is 1. The lowest BCUT2D eigenvalue weighted by molar-refractivity contribution is -0.140. The maximum atomic E-state index is 11.0. The van der Waals surface area contributed by atoms with Crippen molar-refractivity contribution in [3.63, 3.8) is 0 Å². The number of benzene rings is 1. The van der Waals surface area contributed by atoms with E-state index in [1.807, 2.05) is 18.2 Å². The molecule has 1 aromatic rings. The molecule has 0 aliphatic carbocycles. The highest BCUT2D eigenvalue weighted by atomic mass is 16.5. The van der Waals surface area contributed by atoms with Gasteiger partial charge >= 0.3 is 5.97 Å². The van der Waals surface area contributed by atoms with Gasteiger partial charge in [-0.25, -0.2) is 0 Å². The van der Waals surface area contributed by atoms with E-state index in [4.69, 9.17) is 0 Å². The molecule has 2 nitrogen and oxygen atoms in total. The van der Waals surface area contributed by atoms with Crippen molar-refractivity contribution in [1.82, 2.24) is 0 Å². The zero-order valence-corrected chi connectivity index (χ0v) is 9.40. The third kappa shape index (κ3) is 3.74. The largest absolute Gasteiger partial charge is 0.469 e. The summed E-state index contributed by atoms with van der Waals surface area (Å²) in [5.41, 5.74) is 1.31. The van der Waals surface area contributed by atoms with Crippen molar-refractivity contribution >= 4 is 5.97 Å². The summed E-state index contributed by atoms with van der Waals surface area (Å²) in [6.45, 7) is 2.15. The Morgan fingerprint density at radius 1 is 1.33 bits per heavy atom. The summed E-state index contributed by atoms with van der Waals surface area (Å²) >= 11 is 0. The van der Waals surface area contributed by atoms with E-state index < -0.39 is 0 Å². The van der Waals surface area contributed by atoms with Crippen LogP contribution in [0.2, 0.25) is 0 Å². The van der Waals surface area contributed by atoms with Crippen molar-refractivity contribution in [2.45, 2.75) is 32.1 Å². The SMILES string of the molecule is CC[C@H](CCC(=O)OC)c1ccccc1. The molecule has 0 amide bonds. The number of carbonyl (C=O) groups excluding carboxylic acids is 1. The van der Waals surface area contributed by atoms with E-state index in [0.29, 0.717) is 12.3 Å². The molecule has 0 saturated heterocycles. The summed E-state index contributed by atoms with van der Waals surface area (Å²) in [6.07, 6.45) is 2.43. The van der Waals surface area contributed by atoms with E-state index >= 15 is 0 Å². The average Bonchev–Trinajstić information content (AvgIpc) is 2.31. The number of methoxy groups -OCH3 is 1. The summed E-state index contributed by atoms with van der Waals surface area (Å²) in [7, 11) is 1.44. The van der Waals surface area contributed by atoms with Gasteiger partial charge in [-0.1, -0.05) is 37.3 Å². The van der Waals surface area contributed by atoms with Crippen LogP contribution < -0.4 is 0 Å². The van der Waals surface area contributed by atoms with Gasteiger partial charge in [0.2, 0.25) is 0 Å². The molecule has 0 aliphatic heterocycles. The normalized spacial score (nSPS) is 12.1. The van der Waals surface area contributed by atoms with Crippen LogP contribution >= 0.6 is 0 Å². The number of rotatable bonds is 5. The maximum absolute atomic E-state index is 11.0. The molecule has 0 aromatic heterocycles. The summed E-state index contributed by atoms with van der Waals surface area (Å²) in [5, 5.41) is 0. The van der Waals surface area contributed by atoms with Gasteiger partial charge < -0.3 is 4.74 Å². The minimum atomic E-state index is -0.121. The molecule has 1 atom stereocenters. The minimum Gasteiger partial charge on any atom is -0.469 e. The van der Waals surface area contributed by atoms with Gasteiger partial charge in [0.1, 0.15) is 0 Å². The highest BCUT2D eigenvalue weighted by Crippen LogP contribution is 2.24. The fourth-order valence-corrected chi connectivity index (χ4v) is 1.73. The van der Waals surface area contributed by atoms with Crippen LogP contribution in [0.5, 0.6) is 0 Å². The third-order valence-corrected chi connectivity index (χ3v) is 2.69. The molecular weight excluding hydrogens is 188 g/mol. The average molecular weight is 206 g/mol. The second kappa shape index (κ2) is 6.23. The number of hydrogen-bond donors (Lipinski definition) is 0. The van der Waals surface area contributed by atoms with E-state index in [-0.39, 0.29) is 5.97 Å². The number of hydrogen-bond acceptors (Lipinski definition) is 2. The topological polar surface area (TPSA) is 26.3 Å². The molecule has 15 heavy (non-hydrogen) atoms. The van der Waals surface area contributed by atoms with Gasteiger partial charge in [0, 0.05) is 6.42 Å². The van der Waals surface area contributed by atoms with E-state index in [2.05, 4.69) is 23.8 Å². The highest BCUT2D eigenvalue weighted by Gasteiger charge is 2.11. The predicted molar refractivity (Wildman–Crippen MR) is 60.7 cm³/mol. The van der Waals surface area contributed by atoms with E-state index in [0.717, 1.165) is 12.8 Å². The van der Waals surface area contributed by atoms with E-state index in [9.17, 15) is 4.79 Å². The highest BCUT2D eigenvalue weighted by molar-refractivity contribution is 5.69. The Balaban J connectivity index is 2.53. The van der Waals surface area contributed by atoms with Gasteiger partial charge in [0.15, 0.2) is 0 Å². The molecule has 0 aliphatic rings. The summed E-state index contributed by atoms with van der Waals surface area (Å²) < 4.78 is 4.64. The van der Waals surface area contributed by atoms with Gasteiger partial charge in [0.05, 0.1) is 7.11 Å². The van der Waals surface area contributed by atoms with Crippen molar-refractivity contribution in [3.05, 3.63) is 35.9 Å². The first-order valence-electron chi connectivity index (χ1n) is 5.39. The first-order chi connectivity index (χ1) is 7.27. The Morgan fingerprint density at radius 2 is 2.00 bits per heavy atom. The molecule has 1 aromatic carbocycles. The quantitative estimate of drug-likeness (QED) is 0.692. The Labute approximate surface area is 91.3 Å². The molecule has 1 rings (SSSR count). The van der Waals surface area contributed by atoms with Gasteiger partial charge in [-0.05, 0) is 24.3 Å². The Bertz CT molecular complexity index is 293. The lowest BCUT2D eigenvalue weighted by Crippen LogP contribution is -2.04. The molecule has 0 radical (unpaired) electrons. The summed E-state index contributed by atoms with van der Waals surface area (Å²) in [4.78, 5) is 11.0. The van der Waals surface area contributed by atoms with Crippen LogP contribution in [0.1, 0.15) is 37.7 Å². The molecule has 0 bridgehead atoms. The zero-order valence-electron chi connectivity index (χ0n) is 9.40. The lowest BCUT2D eigenvalue weighted by Gasteiger charge is -2.14. The van der Waals surface area contributed by atoms with Gasteiger partial charge in [0.25, 0.3) is 0 Å². The Kier molecular flexibility index (Phi) is 4.88. The van der Waals surface area contributed by atoms with Gasteiger partial charge in [-0.15, -0.1) is 0 Å². The molecule has 0 fully saturated rings. The van der Waals surface area contributed by atoms with E-state index in [1.54, 1.807) is 0 Å². The van der Waals surface area contributed by atoms with Crippen LogP contribution in [0.25, 0.3) is 0 Å². The van der Waals surface area contributed by atoms with Crippen molar-refractivity contribution in [1.29, 1.82) is 0 Å². The Morgan fingerprint density at radius 3 is 2.53 bits per heavy atom. The molecule has 0 saturated carbocycles. The molecule has 0 spiro atoms. The number of carbonyl (C=O) groups is 1. The van der Waals surface area contributed by atoms with Crippen LogP contribution in [0.15, 0.2) is 30.3 Å². The molecular formula is C13H18O2. The summed E-state index contributed by atoms with van der Waals surface area (Å²) in [6, 6.07) is 10.3.